The summed E-state index contributed by atoms with van der Waals surface area (Å²) in [5, 5.41) is 13.7. The van der Waals surface area contributed by atoms with Crippen LogP contribution >= 0.6 is 0 Å². The van der Waals surface area contributed by atoms with Crippen molar-refractivity contribution in [1.82, 2.24) is 9.97 Å². The third-order valence-corrected chi connectivity index (χ3v) is 4.54. The summed E-state index contributed by atoms with van der Waals surface area (Å²) in [7, 11) is 0. The monoisotopic (exact) mass is 291 g/mol. The second-order valence-corrected chi connectivity index (χ2v) is 6.28. The van der Waals surface area contributed by atoms with Crippen molar-refractivity contribution in [2.75, 3.05) is 10.7 Å². The van der Waals surface area contributed by atoms with E-state index in [4.69, 9.17) is 5.84 Å². The molecule has 2 fully saturated rings. The third kappa shape index (κ3) is 3.27. The molecule has 5 N–H and O–H groups in total. The van der Waals surface area contributed by atoms with Crippen LogP contribution in [0.25, 0.3) is 0 Å². The second kappa shape index (κ2) is 6.15. The fraction of sp³-hybridized carbons (Fsp3) is 0.733. The first-order chi connectivity index (χ1) is 10.2. The van der Waals surface area contributed by atoms with Crippen molar-refractivity contribution in [2.45, 2.75) is 69.9 Å². The summed E-state index contributed by atoms with van der Waals surface area (Å²) < 4.78 is 0. The highest BCUT2D eigenvalue weighted by molar-refractivity contribution is 5.57. The molecule has 0 radical (unpaired) electrons. The number of nitrogens with two attached hydrogens (primary N) is 1. The lowest BCUT2D eigenvalue weighted by Gasteiger charge is -2.24. The van der Waals surface area contributed by atoms with Gasteiger partial charge >= 0.3 is 0 Å². The van der Waals surface area contributed by atoms with E-state index in [2.05, 4.69) is 20.7 Å². The van der Waals surface area contributed by atoms with Gasteiger partial charge in [0.15, 0.2) is 0 Å². The van der Waals surface area contributed by atoms with Gasteiger partial charge in [-0.1, -0.05) is 19.3 Å². The van der Waals surface area contributed by atoms with Crippen molar-refractivity contribution in [1.29, 1.82) is 0 Å². The third-order valence-electron chi connectivity index (χ3n) is 4.54. The Balaban J connectivity index is 1.84. The van der Waals surface area contributed by atoms with E-state index in [9.17, 15) is 5.11 Å². The zero-order valence-corrected chi connectivity index (χ0v) is 12.6. The lowest BCUT2D eigenvalue weighted by Crippen LogP contribution is -2.33. The average molecular weight is 291 g/mol. The number of rotatable bonds is 4. The molecule has 0 saturated heterocycles. The van der Waals surface area contributed by atoms with Crippen molar-refractivity contribution < 1.29 is 5.11 Å². The first-order valence-electron chi connectivity index (χ1n) is 7.98. The van der Waals surface area contributed by atoms with Crippen LogP contribution < -0.4 is 16.6 Å². The van der Waals surface area contributed by atoms with Gasteiger partial charge in [-0.3, -0.25) is 0 Å². The van der Waals surface area contributed by atoms with E-state index < -0.39 is 0 Å². The summed E-state index contributed by atoms with van der Waals surface area (Å²) >= 11 is 0. The minimum Gasteiger partial charge on any atom is -0.391 e. The maximum absolute atomic E-state index is 10.3. The molecule has 2 saturated carbocycles. The number of nitrogens with zero attached hydrogens (tertiary/aromatic N) is 2. The van der Waals surface area contributed by atoms with Gasteiger partial charge < -0.3 is 15.8 Å². The maximum atomic E-state index is 10.3. The maximum Gasteiger partial charge on any atom is 0.148 e. The summed E-state index contributed by atoms with van der Waals surface area (Å²) in [4.78, 5) is 9.17. The summed E-state index contributed by atoms with van der Waals surface area (Å²) in [5.41, 5.74) is 3.58. The van der Waals surface area contributed by atoms with Gasteiger partial charge in [0.05, 0.1) is 12.1 Å². The van der Waals surface area contributed by atoms with Gasteiger partial charge in [-0.25, -0.2) is 15.8 Å². The molecule has 0 aliphatic heterocycles. The van der Waals surface area contributed by atoms with E-state index in [-0.39, 0.29) is 12.1 Å². The molecule has 6 nitrogen and oxygen atoms in total. The predicted molar refractivity (Wildman–Crippen MR) is 83.1 cm³/mol. The van der Waals surface area contributed by atoms with Gasteiger partial charge in [-0.05, 0) is 32.6 Å². The highest BCUT2D eigenvalue weighted by Gasteiger charge is 2.29. The number of hydrogen-bond acceptors (Lipinski definition) is 6. The Labute approximate surface area is 125 Å². The topological polar surface area (TPSA) is 96.1 Å². The van der Waals surface area contributed by atoms with Crippen LogP contribution in [0.15, 0.2) is 0 Å². The normalized spacial score (nSPS) is 26.2. The van der Waals surface area contributed by atoms with E-state index in [0.717, 1.165) is 55.7 Å². The molecule has 0 bridgehead atoms. The van der Waals surface area contributed by atoms with Crippen LogP contribution in [-0.2, 0) is 0 Å². The molecule has 0 aromatic carbocycles. The number of nitrogen functional groups attached to an aromatic ring is 1. The number of nitrogens with one attached hydrogen (secondary N) is 2. The Hall–Kier alpha value is -1.40. The number of anilines is 2. The highest BCUT2D eigenvalue weighted by atomic mass is 16.3. The van der Waals surface area contributed by atoms with Crippen LogP contribution in [0.1, 0.15) is 62.3 Å². The molecule has 2 atom stereocenters. The van der Waals surface area contributed by atoms with Gasteiger partial charge in [0.1, 0.15) is 17.5 Å². The standard InChI is InChI=1S/C15H25N5O/c1-9-13(17-11-5-3-2-4-6-12(11)21)18-15(10-7-8-10)19-14(9)20-16/h10-12,21H,2-8,16H2,1H3,(H2,17,18,19,20). The Morgan fingerprint density at radius 3 is 2.48 bits per heavy atom. The molecule has 21 heavy (non-hydrogen) atoms. The van der Waals surface area contributed by atoms with Gasteiger partial charge in [-0.15, -0.1) is 0 Å². The fourth-order valence-electron chi connectivity index (χ4n) is 2.97. The van der Waals surface area contributed by atoms with E-state index in [1.165, 1.54) is 6.42 Å². The van der Waals surface area contributed by atoms with Crippen molar-refractivity contribution in [3.63, 3.8) is 0 Å². The molecule has 1 aromatic heterocycles. The van der Waals surface area contributed by atoms with Gasteiger partial charge in [-0.2, -0.15) is 0 Å². The van der Waals surface area contributed by atoms with Crippen molar-refractivity contribution in [2.24, 2.45) is 5.84 Å². The number of hydrazine groups is 1. The molecule has 116 valence electrons. The van der Waals surface area contributed by atoms with Gasteiger partial charge in [0, 0.05) is 11.5 Å². The molecule has 1 aromatic rings. The van der Waals surface area contributed by atoms with Crippen molar-refractivity contribution in [3.8, 4) is 0 Å². The number of hydrogen-bond donors (Lipinski definition) is 4. The number of aromatic nitrogens is 2. The molecular formula is C15H25N5O. The predicted octanol–water partition coefficient (Wildman–Crippen LogP) is 2.05. The second-order valence-electron chi connectivity index (χ2n) is 6.28. The Bertz CT molecular complexity index is 503. The van der Waals surface area contributed by atoms with E-state index in [1.807, 2.05) is 6.92 Å². The largest absolute Gasteiger partial charge is 0.391 e. The van der Waals surface area contributed by atoms with E-state index in [1.54, 1.807) is 0 Å². The zero-order valence-electron chi connectivity index (χ0n) is 12.6. The highest BCUT2D eigenvalue weighted by Crippen LogP contribution is 2.39. The molecule has 2 unspecified atom stereocenters. The quantitative estimate of drug-likeness (QED) is 0.385. The van der Waals surface area contributed by atoms with Crippen LogP contribution in [0, 0.1) is 6.92 Å². The summed E-state index contributed by atoms with van der Waals surface area (Å²) in [5.74, 6) is 8.40. The molecule has 0 amide bonds. The minimum atomic E-state index is -0.305. The van der Waals surface area contributed by atoms with Crippen LogP contribution in [0.4, 0.5) is 11.6 Å². The molecule has 2 aliphatic rings. The number of aliphatic hydroxyl groups is 1. The van der Waals surface area contributed by atoms with Crippen molar-refractivity contribution in [3.05, 3.63) is 11.4 Å². The van der Waals surface area contributed by atoms with Crippen LogP contribution in [0.3, 0.4) is 0 Å². The lowest BCUT2D eigenvalue weighted by molar-refractivity contribution is 0.144. The molecule has 3 rings (SSSR count). The van der Waals surface area contributed by atoms with E-state index >= 15 is 0 Å². The fourth-order valence-corrected chi connectivity index (χ4v) is 2.97. The molecule has 1 heterocycles. The van der Waals surface area contributed by atoms with Crippen molar-refractivity contribution >= 4 is 11.6 Å². The average Bonchev–Trinajstić information content (AvgIpc) is 3.31. The van der Waals surface area contributed by atoms with Crippen LogP contribution in [0.5, 0.6) is 0 Å². The molecule has 6 heteroatoms. The SMILES string of the molecule is Cc1c(NN)nc(C2CC2)nc1NC1CCCCCC1O. The molecular weight excluding hydrogens is 266 g/mol. The van der Waals surface area contributed by atoms with E-state index in [0.29, 0.717) is 11.7 Å². The Kier molecular flexibility index (Phi) is 4.26. The Morgan fingerprint density at radius 1 is 1.05 bits per heavy atom. The lowest BCUT2D eigenvalue weighted by atomic mass is 10.1. The van der Waals surface area contributed by atoms with Gasteiger partial charge in [0.2, 0.25) is 0 Å². The molecule has 2 aliphatic carbocycles. The Morgan fingerprint density at radius 2 is 1.76 bits per heavy atom. The zero-order chi connectivity index (χ0) is 14.8. The van der Waals surface area contributed by atoms with Crippen LogP contribution in [0.2, 0.25) is 0 Å². The first-order valence-corrected chi connectivity index (χ1v) is 7.98. The first kappa shape index (κ1) is 14.5. The smallest absolute Gasteiger partial charge is 0.148 e. The summed E-state index contributed by atoms with van der Waals surface area (Å²) in [6, 6.07) is 0.0683. The summed E-state index contributed by atoms with van der Waals surface area (Å²) in [6.45, 7) is 1.96. The van der Waals surface area contributed by atoms with Crippen LogP contribution in [-0.4, -0.2) is 27.2 Å². The minimum absolute atomic E-state index is 0.0683. The van der Waals surface area contributed by atoms with Gasteiger partial charge in [0.25, 0.3) is 0 Å². The molecule has 0 spiro atoms. The summed E-state index contributed by atoms with van der Waals surface area (Å²) in [6.07, 6.45) is 7.29. The number of aliphatic hydroxyl groups excluding tert-OH is 1.